The topological polar surface area (TPSA) is 49.3 Å². The van der Waals surface area contributed by atoms with Crippen molar-refractivity contribution < 1.29 is 36.2 Å². The van der Waals surface area contributed by atoms with Crippen molar-refractivity contribution in [1.82, 2.24) is 0 Å². The summed E-state index contributed by atoms with van der Waals surface area (Å²) in [6.07, 6.45) is -11.0. The lowest BCUT2D eigenvalue weighted by Gasteiger charge is -2.23. The molecule has 3 nitrogen and oxygen atoms in total. The Labute approximate surface area is 102 Å². The van der Waals surface area contributed by atoms with Crippen LogP contribution < -0.4 is 5.32 Å². The Morgan fingerprint density at radius 3 is 1.95 bits per heavy atom. The van der Waals surface area contributed by atoms with Crippen LogP contribution in [0, 0.1) is 0 Å². The van der Waals surface area contributed by atoms with Gasteiger partial charge >= 0.3 is 18.2 Å². The van der Waals surface area contributed by atoms with Gasteiger partial charge in [0.15, 0.2) is 6.17 Å². The van der Waals surface area contributed by atoms with Crippen LogP contribution in [-0.4, -0.2) is 23.3 Å². The molecule has 106 valence electrons. The van der Waals surface area contributed by atoms with Crippen LogP contribution in [0.25, 0.3) is 0 Å². The third-order valence-corrected chi connectivity index (χ3v) is 2.15. The summed E-state index contributed by atoms with van der Waals surface area (Å²) in [5.41, 5.74) is -0.989. The van der Waals surface area contributed by atoms with E-state index in [4.69, 9.17) is 5.11 Å². The van der Waals surface area contributed by atoms with Crippen molar-refractivity contribution in [3.63, 3.8) is 0 Å². The maximum Gasteiger partial charge on any atom is 0.456 e. The minimum Gasteiger partial charge on any atom is -0.465 e. The molecule has 1 rings (SSSR count). The minimum absolute atomic E-state index is 0.0845. The number of hydrogen-bond acceptors (Lipinski definition) is 1. The van der Waals surface area contributed by atoms with Crippen molar-refractivity contribution in [2.24, 2.45) is 0 Å². The smallest absolute Gasteiger partial charge is 0.456 e. The zero-order valence-corrected chi connectivity index (χ0v) is 9.01. The van der Waals surface area contributed by atoms with Crippen LogP contribution in [0.4, 0.5) is 36.8 Å². The zero-order chi connectivity index (χ0) is 14.8. The Bertz CT molecular complexity index is 456. The van der Waals surface area contributed by atoms with Crippen molar-refractivity contribution in [1.29, 1.82) is 0 Å². The Kier molecular flexibility index (Phi) is 3.97. The molecule has 9 heteroatoms. The van der Waals surface area contributed by atoms with Gasteiger partial charge in [-0.05, 0) is 17.7 Å². The first-order valence-electron chi connectivity index (χ1n) is 4.74. The highest BCUT2D eigenvalue weighted by atomic mass is 19.4. The fourth-order valence-corrected chi connectivity index (χ4v) is 1.21. The van der Waals surface area contributed by atoms with E-state index in [1.165, 1.54) is 0 Å². The molecule has 2 N–H and O–H groups in total. The molecule has 1 amide bonds. The van der Waals surface area contributed by atoms with Gasteiger partial charge in [0.25, 0.3) is 0 Å². The van der Waals surface area contributed by atoms with Crippen LogP contribution >= 0.6 is 0 Å². The number of nitrogens with one attached hydrogen (secondary N) is 1. The Morgan fingerprint density at radius 2 is 1.58 bits per heavy atom. The van der Waals surface area contributed by atoms with E-state index < -0.39 is 29.9 Å². The second-order valence-corrected chi connectivity index (χ2v) is 3.54. The van der Waals surface area contributed by atoms with Crippen molar-refractivity contribution >= 4 is 11.8 Å². The van der Waals surface area contributed by atoms with E-state index in [0.29, 0.717) is 12.1 Å². The molecule has 0 aliphatic rings. The number of halogens is 6. The summed E-state index contributed by atoms with van der Waals surface area (Å²) in [6, 6.07) is 3.05. The maximum atomic E-state index is 13.2. The van der Waals surface area contributed by atoms with Gasteiger partial charge in [-0.2, -0.15) is 22.0 Å². The largest absolute Gasteiger partial charge is 0.465 e. The monoisotopic (exact) mass is 287 g/mol. The fourth-order valence-electron chi connectivity index (χ4n) is 1.21. The third-order valence-electron chi connectivity index (χ3n) is 2.15. The molecule has 0 saturated carbocycles. The van der Waals surface area contributed by atoms with E-state index in [9.17, 15) is 31.1 Å². The van der Waals surface area contributed by atoms with Crippen LogP contribution in [0.1, 0.15) is 11.7 Å². The number of rotatable bonds is 3. The lowest BCUT2D eigenvalue weighted by molar-refractivity contribution is -0.305. The molecular weight excluding hydrogens is 280 g/mol. The number of anilines is 1. The van der Waals surface area contributed by atoms with Gasteiger partial charge in [0.2, 0.25) is 0 Å². The SMILES string of the molecule is O=C(O)Nc1ccc(C(F)C(F)(F)C(F)(F)F)cc1. The van der Waals surface area contributed by atoms with Gasteiger partial charge in [0.05, 0.1) is 0 Å². The summed E-state index contributed by atoms with van der Waals surface area (Å²) in [4.78, 5) is 10.2. The molecule has 0 aliphatic carbocycles. The highest BCUT2D eigenvalue weighted by Gasteiger charge is 2.63. The molecule has 0 bridgehead atoms. The molecule has 19 heavy (non-hydrogen) atoms. The Morgan fingerprint density at radius 1 is 1.11 bits per heavy atom. The molecule has 0 aromatic heterocycles. The third kappa shape index (κ3) is 3.30. The fraction of sp³-hybridized carbons (Fsp3) is 0.300. The van der Waals surface area contributed by atoms with Crippen molar-refractivity contribution in [3.8, 4) is 0 Å². The minimum atomic E-state index is -6.01. The summed E-state index contributed by atoms with van der Waals surface area (Å²) in [5.74, 6) is -5.52. The Hall–Kier alpha value is -1.93. The first-order chi connectivity index (χ1) is 8.55. The number of amides is 1. The Balaban J connectivity index is 2.95. The zero-order valence-electron chi connectivity index (χ0n) is 9.01. The van der Waals surface area contributed by atoms with Crippen LogP contribution in [0.3, 0.4) is 0 Å². The standard InChI is InChI=1S/C10H7F6NO2/c11-7(9(12,13)10(14,15)16)5-1-3-6(4-2-5)17-8(18)19/h1-4,7,17H,(H,18,19). The number of benzene rings is 1. The van der Waals surface area contributed by atoms with Crippen molar-refractivity contribution in [3.05, 3.63) is 29.8 Å². The lowest BCUT2D eigenvalue weighted by atomic mass is 10.0. The summed E-state index contributed by atoms with van der Waals surface area (Å²) in [5, 5.41) is 10.2. The van der Waals surface area contributed by atoms with E-state index in [1.54, 1.807) is 0 Å². The predicted octanol–water partition coefficient (Wildman–Crippen LogP) is 3.98. The number of carboxylic acid groups (broad SMARTS) is 1. The summed E-state index contributed by atoms with van der Waals surface area (Å²) < 4.78 is 74.4. The lowest BCUT2D eigenvalue weighted by Crippen LogP contribution is -2.40. The second-order valence-electron chi connectivity index (χ2n) is 3.54. The van der Waals surface area contributed by atoms with E-state index in [-0.39, 0.29) is 5.69 Å². The van der Waals surface area contributed by atoms with Crippen molar-refractivity contribution in [2.45, 2.75) is 18.3 Å². The molecule has 1 unspecified atom stereocenters. The van der Waals surface area contributed by atoms with E-state index in [2.05, 4.69) is 0 Å². The van der Waals surface area contributed by atoms with Gasteiger partial charge in [0, 0.05) is 5.69 Å². The van der Waals surface area contributed by atoms with E-state index >= 15 is 0 Å². The predicted molar refractivity (Wildman–Crippen MR) is 52.9 cm³/mol. The van der Waals surface area contributed by atoms with E-state index in [0.717, 1.165) is 12.1 Å². The quantitative estimate of drug-likeness (QED) is 0.826. The molecule has 0 spiro atoms. The van der Waals surface area contributed by atoms with Gasteiger partial charge in [-0.3, -0.25) is 5.32 Å². The van der Waals surface area contributed by atoms with Gasteiger partial charge in [-0.25, -0.2) is 9.18 Å². The van der Waals surface area contributed by atoms with Gasteiger partial charge in [-0.15, -0.1) is 0 Å². The van der Waals surface area contributed by atoms with Gasteiger partial charge in [-0.1, -0.05) is 12.1 Å². The molecule has 0 fully saturated rings. The average molecular weight is 287 g/mol. The molecule has 0 saturated heterocycles. The second kappa shape index (κ2) is 4.98. The normalized spacial score (nSPS) is 14.0. The molecule has 1 aromatic carbocycles. The molecule has 1 atom stereocenters. The summed E-state index contributed by atoms with van der Waals surface area (Å²) in [7, 11) is 0. The summed E-state index contributed by atoms with van der Waals surface area (Å²) >= 11 is 0. The molecular formula is C10H7F6NO2. The van der Waals surface area contributed by atoms with Crippen LogP contribution in [0.5, 0.6) is 0 Å². The number of alkyl halides is 6. The van der Waals surface area contributed by atoms with Crippen LogP contribution in [0.2, 0.25) is 0 Å². The van der Waals surface area contributed by atoms with Gasteiger partial charge in [0.1, 0.15) is 0 Å². The average Bonchev–Trinajstić information content (AvgIpc) is 2.26. The molecule has 0 radical (unpaired) electrons. The summed E-state index contributed by atoms with van der Waals surface area (Å²) in [6.45, 7) is 0. The van der Waals surface area contributed by atoms with Crippen LogP contribution in [-0.2, 0) is 0 Å². The number of carbonyl (C=O) groups is 1. The maximum absolute atomic E-state index is 13.2. The first-order valence-corrected chi connectivity index (χ1v) is 4.74. The van der Waals surface area contributed by atoms with Gasteiger partial charge < -0.3 is 5.11 Å². The molecule has 0 aliphatic heterocycles. The van der Waals surface area contributed by atoms with Crippen LogP contribution in [0.15, 0.2) is 24.3 Å². The highest BCUT2D eigenvalue weighted by molar-refractivity contribution is 5.82. The molecule has 1 aromatic rings. The van der Waals surface area contributed by atoms with Crippen molar-refractivity contribution in [2.75, 3.05) is 5.32 Å². The van der Waals surface area contributed by atoms with E-state index in [1.807, 2.05) is 5.32 Å². The highest BCUT2D eigenvalue weighted by Crippen LogP contribution is 2.46. The number of hydrogen-bond donors (Lipinski definition) is 2. The molecule has 0 heterocycles. The first kappa shape index (κ1) is 15.1.